The van der Waals surface area contributed by atoms with Crippen LogP contribution in [0.2, 0.25) is 0 Å². The number of nitrogens with two attached hydrogens (primary N) is 1. The summed E-state index contributed by atoms with van der Waals surface area (Å²) in [6, 6.07) is 7.51. The minimum Gasteiger partial charge on any atom is -0.399 e. The highest BCUT2D eigenvalue weighted by Crippen LogP contribution is 2.30. The molecular formula is C17H27ClN2O. The number of anilines is 1. The predicted octanol–water partition coefficient (Wildman–Crippen LogP) is 3.57. The quantitative estimate of drug-likeness (QED) is 0.817. The van der Waals surface area contributed by atoms with E-state index in [-0.39, 0.29) is 18.3 Å². The second-order valence-electron chi connectivity index (χ2n) is 6.19. The number of nitrogen functional groups attached to an aromatic ring is 1. The van der Waals surface area contributed by atoms with Gasteiger partial charge in [-0.3, -0.25) is 4.79 Å². The zero-order valence-electron chi connectivity index (χ0n) is 12.8. The first-order chi connectivity index (χ1) is 9.63. The molecule has 0 heterocycles. The highest BCUT2D eigenvalue weighted by atomic mass is 35.5. The van der Waals surface area contributed by atoms with Crippen LogP contribution in [0.5, 0.6) is 0 Å². The SMILES string of the molecule is CC1CCCC(CCNC(=O)Cc2ccc(N)cc2)C1.Cl. The van der Waals surface area contributed by atoms with E-state index in [1.165, 1.54) is 25.7 Å². The standard InChI is InChI=1S/C17H26N2O.ClH/c1-13-3-2-4-14(11-13)9-10-19-17(20)12-15-5-7-16(18)8-6-15;/h5-8,13-14H,2-4,9-12,18H2,1H3,(H,19,20);1H. The lowest BCUT2D eigenvalue weighted by atomic mass is 9.81. The molecule has 2 unspecified atom stereocenters. The number of carbonyl (C=O) groups is 1. The molecule has 1 fully saturated rings. The summed E-state index contributed by atoms with van der Waals surface area (Å²) in [5.41, 5.74) is 7.38. The van der Waals surface area contributed by atoms with Gasteiger partial charge in [0.15, 0.2) is 0 Å². The topological polar surface area (TPSA) is 55.1 Å². The number of rotatable bonds is 5. The van der Waals surface area contributed by atoms with Crippen molar-refractivity contribution in [3.63, 3.8) is 0 Å². The molecule has 1 aliphatic rings. The third-order valence-corrected chi connectivity index (χ3v) is 4.26. The molecule has 1 aliphatic carbocycles. The molecule has 2 atom stereocenters. The molecule has 1 aromatic carbocycles. The van der Waals surface area contributed by atoms with Crippen molar-refractivity contribution in [1.82, 2.24) is 5.32 Å². The predicted molar refractivity (Wildman–Crippen MR) is 90.6 cm³/mol. The molecule has 0 saturated heterocycles. The summed E-state index contributed by atoms with van der Waals surface area (Å²) < 4.78 is 0. The number of nitrogens with one attached hydrogen (secondary N) is 1. The van der Waals surface area contributed by atoms with Crippen LogP contribution in [0.1, 0.15) is 44.6 Å². The number of amides is 1. The summed E-state index contributed by atoms with van der Waals surface area (Å²) in [6.07, 6.45) is 6.95. The van der Waals surface area contributed by atoms with Crippen LogP contribution in [0.4, 0.5) is 5.69 Å². The third-order valence-electron chi connectivity index (χ3n) is 4.26. The van der Waals surface area contributed by atoms with Crippen molar-refractivity contribution in [3.8, 4) is 0 Å². The van der Waals surface area contributed by atoms with E-state index < -0.39 is 0 Å². The molecule has 3 nitrogen and oxygen atoms in total. The number of halogens is 1. The minimum absolute atomic E-state index is 0. The maximum atomic E-state index is 11.9. The van der Waals surface area contributed by atoms with Crippen LogP contribution in [0, 0.1) is 11.8 Å². The zero-order chi connectivity index (χ0) is 14.4. The average molecular weight is 311 g/mol. The van der Waals surface area contributed by atoms with Gasteiger partial charge in [-0.2, -0.15) is 0 Å². The lowest BCUT2D eigenvalue weighted by Crippen LogP contribution is -2.28. The Bertz CT molecular complexity index is 433. The first kappa shape index (κ1) is 17.8. The normalized spacial score (nSPS) is 21.4. The molecule has 0 spiro atoms. The van der Waals surface area contributed by atoms with Gasteiger partial charge in [-0.25, -0.2) is 0 Å². The molecule has 2 rings (SSSR count). The molecule has 0 radical (unpaired) electrons. The van der Waals surface area contributed by atoms with E-state index in [1.807, 2.05) is 24.3 Å². The molecule has 1 amide bonds. The summed E-state index contributed by atoms with van der Waals surface area (Å²) in [4.78, 5) is 11.9. The maximum absolute atomic E-state index is 11.9. The van der Waals surface area contributed by atoms with Crippen LogP contribution in [-0.4, -0.2) is 12.5 Å². The van der Waals surface area contributed by atoms with Crippen LogP contribution in [-0.2, 0) is 11.2 Å². The molecule has 4 heteroatoms. The van der Waals surface area contributed by atoms with E-state index in [1.54, 1.807) is 0 Å². The van der Waals surface area contributed by atoms with Crippen LogP contribution >= 0.6 is 12.4 Å². The first-order valence-electron chi connectivity index (χ1n) is 7.74. The van der Waals surface area contributed by atoms with Crippen molar-refractivity contribution in [2.24, 2.45) is 11.8 Å². The van der Waals surface area contributed by atoms with Crippen LogP contribution < -0.4 is 11.1 Å². The smallest absolute Gasteiger partial charge is 0.224 e. The van der Waals surface area contributed by atoms with Crippen molar-refractivity contribution in [1.29, 1.82) is 0 Å². The summed E-state index contributed by atoms with van der Waals surface area (Å²) in [7, 11) is 0. The monoisotopic (exact) mass is 310 g/mol. The molecule has 0 aliphatic heterocycles. The van der Waals surface area contributed by atoms with E-state index in [9.17, 15) is 4.79 Å². The molecule has 1 aromatic rings. The van der Waals surface area contributed by atoms with Crippen molar-refractivity contribution in [2.45, 2.75) is 45.4 Å². The minimum atomic E-state index is 0. The lowest BCUT2D eigenvalue weighted by molar-refractivity contribution is -0.120. The average Bonchev–Trinajstić information content (AvgIpc) is 2.41. The summed E-state index contributed by atoms with van der Waals surface area (Å²) in [5.74, 6) is 1.77. The maximum Gasteiger partial charge on any atom is 0.224 e. The molecular weight excluding hydrogens is 284 g/mol. The van der Waals surface area contributed by atoms with E-state index in [0.29, 0.717) is 6.42 Å². The zero-order valence-corrected chi connectivity index (χ0v) is 13.6. The van der Waals surface area contributed by atoms with Gasteiger partial charge in [-0.05, 0) is 42.4 Å². The summed E-state index contributed by atoms with van der Waals surface area (Å²) in [5, 5.41) is 3.04. The van der Waals surface area contributed by atoms with Gasteiger partial charge in [-0.15, -0.1) is 12.4 Å². The fourth-order valence-electron chi connectivity index (χ4n) is 3.12. The van der Waals surface area contributed by atoms with E-state index >= 15 is 0 Å². The Morgan fingerprint density at radius 2 is 2.00 bits per heavy atom. The molecule has 118 valence electrons. The number of hydrogen-bond acceptors (Lipinski definition) is 2. The largest absolute Gasteiger partial charge is 0.399 e. The highest BCUT2D eigenvalue weighted by Gasteiger charge is 2.18. The van der Waals surface area contributed by atoms with Gasteiger partial charge in [0, 0.05) is 12.2 Å². The highest BCUT2D eigenvalue weighted by molar-refractivity contribution is 5.85. The molecule has 1 saturated carbocycles. The summed E-state index contributed by atoms with van der Waals surface area (Å²) in [6.45, 7) is 3.15. The first-order valence-corrected chi connectivity index (χ1v) is 7.74. The van der Waals surface area contributed by atoms with Gasteiger partial charge in [0.2, 0.25) is 5.91 Å². The van der Waals surface area contributed by atoms with E-state index in [0.717, 1.165) is 36.1 Å². The number of hydrogen-bond donors (Lipinski definition) is 2. The van der Waals surface area contributed by atoms with Gasteiger partial charge in [0.05, 0.1) is 6.42 Å². The second kappa shape index (κ2) is 8.93. The second-order valence-corrected chi connectivity index (χ2v) is 6.19. The third kappa shape index (κ3) is 6.38. The number of benzene rings is 1. The Balaban J connectivity index is 0.00000220. The fraction of sp³-hybridized carbons (Fsp3) is 0.588. The lowest BCUT2D eigenvalue weighted by Gasteiger charge is -2.26. The van der Waals surface area contributed by atoms with Crippen LogP contribution in [0.15, 0.2) is 24.3 Å². The molecule has 0 bridgehead atoms. The Morgan fingerprint density at radius 3 is 2.67 bits per heavy atom. The van der Waals surface area contributed by atoms with Gasteiger partial charge in [0.1, 0.15) is 0 Å². The number of carbonyl (C=O) groups excluding carboxylic acids is 1. The van der Waals surface area contributed by atoms with Crippen molar-refractivity contribution < 1.29 is 4.79 Å². The van der Waals surface area contributed by atoms with E-state index in [4.69, 9.17) is 5.73 Å². The summed E-state index contributed by atoms with van der Waals surface area (Å²) >= 11 is 0. The van der Waals surface area contributed by atoms with Crippen molar-refractivity contribution in [3.05, 3.63) is 29.8 Å². The van der Waals surface area contributed by atoms with Crippen LogP contribution in [0.3, 0.4) is 0 Å². The Morgan fingerprint density at radius 1 is 1.29 bits per heavy atom. The Hall–Kier alpha value is -1.22. The Kier molecular flexibility index (Phi) is 7.58. The van der Waals surface area contributed by atoms with E-state index in [2.05, 4.69) is 12.2 Å². The Labute approximate surface area is 134 Å². The van der Waals surface area contributed by atoms with Gasteiger partial charge >= 0.3 is 0 Å². The van der Waals surface area contributed by atoms with Crippen molar-refractivity contribution in [2.75, 3.05) is 12.3 Å². The van der Waals surface area contributed by atoms with Crippen LogP contribution in [0.25, 0.3) is 0 Å². The fourth-order valence-corrected chi connectivity index (χ4v) is 3.12. The molecule has 3 N–H and O–H groups in total. The van der Waals surface area contributed by atoms with Crippen molar-refractivity contribution >= 4 is 24.0 Å². The van der Waals surface area contributed by atoms with Gasteiger partial charge < -0.3 is 11.1 Å². The van der Waals surface area contributed by atoms with Gasteiger partial charge in [0.25, 0.3) is 0 Å². The molecule has 0 aromatic heterocycles. The van der Waals surface area contributed by atoms with Gasteiger partial charge in [-0.1, -0.05) is 38.3 Å². The molecule has 21 heavy (non-hydrogen) atoms.